The van der Waals surface area contributed by atoms with Crippen LogP contribution in [0.15, 0.2) is 18.2 Å². The Morgan fingerprint density at radius 3 is 2.92 bits per heavy atom. The minimum Gasteiger partial charge on any atom is -0.495 e. The number of hydrogen-bond donors (Lipinski definition) is 0. The number of carbonyl (C=O) groups excluding carboxylic acids is 1. The first-order chi connectivity index (χ1) is 6.27. The molecule has 13 heavy (non-hydrogen) atoms. The zero-order chi connectivity index (χ0) is 9.68. The maximum atomic E-state index is 10.0. The summed E-state index contributed by atoms with van der Waals surface area (Å²) in [6.45, 7) is 0. The molecule has 0 bridgehead atoms. The van der Waals surface area contributed by atoms with Gasteiger partial charge in [0.1, 0.15) is 5.75 Å². The van der Waals surface area contributed by atoms with Crippen LogP contribution in [0.2, 0.25) is 5.02 Å². The Kier molecular flexibility index (Phi) is 3.36. The average Bonchev–Trinajstić information content (AvgIpc) is 2.15. The fourth-order valence-corrected chi connectivity index (χ4v) is 1.06. The molecule has 0 atom stereocenters. The van der Waals surface area contributed by atoms with E-state index in [9.17, 15) is 4.79 Å². The maximum Gasteiger partial charge on any atom is 0.193 e. The largest absolute Gasteiger partial charge is 0.495 e. The van der Waals surface area contributed by atoms with Gasteiger partial charge in [-0.25, -0.2) is 0 Å². The highest BCUT2D eigenvalue weighted by molar-refractivity contribution is 6.30. The van der Waals surface area contributed by atoms with Gasteiger partial charge in [-0.05, 0) is 24.1 Å². The molecule has 0 saturated heterocycles. The van der Waals surface area contributed by atoms with Crippen LogP contribution < -0.4 is 4.74 Å². The SMILES string of the molecule is COc1ccc(Cl)cc1C#CC=O. The number of halogens is 1. The number of carbonyl (C=O) groups is 1. The third kappa shape index (κ3) is 2.50. The molecule has 2 nitrogen and oxygen atoms in total. The number of ether oxygens (including phenoxy) is 1. The second-order valence-electron chi connectivity index (χ2n) is 2.23. The van der Waals surface area contributed by atoms with Crippen molar-refractivity contribution in [3.05, 3.63) is 28.8 Å². The van der Waals surface area contributed by atoms with Crippen molar-refractivity contribution in [2.45, 2.75) is 0 Å². The molecular weight excluding hydrogens is 188 g/mol. The molecule has 0 fully saturated rings. The fraction of sp³-hybridized carbons (Fsp3) is 0.100. The van der Waals surface area contributed by atoms with Crippen LogP contribution in [0.4, 0.5) is 0 Å². The van der Waals surface area contributed by atoms with E-state index in [2.05, 4.69) is 11.8 Å². The molecule has 0 spiro atoms. The van der Waals surface area contributed by atoms with Gasteiger partial charge in [0, 0.05) is 5.02 Å². The normalized spacial score (nSPS) is 8.46. The topological polar surface area (TPSA) is 26.3 Å². The van der Waals surface area contributed by atoms with Gasteiger partial charge in [-0.2, -0.15) is 0 Å². The van der Waals surface area contributed by atoms with Crippen molar-refractivity contribution in [2.75, 3.05) is 7.11 Å². The first kappa shape index (κ1) is 9.63. The average molecular weight is 195 g/mol. The predicted molar refractivity (Wildman–Crippen MR) is 50.9 cm³/mol. The Balaban J connectivity index is 3.15. The number of rotatable bonds is 1. The molecule has 0 aliphatic carbocycles. The van der Waals surface area contributed by atoms with Crippen molar-refractivity contribution in [3.63, 3.8) is 0 Å². The van der Waals surface area contributed by atoms with Crippen molar-refractivity contribution in [3.8, 4) is 17.6 Å². The monoisotopic (exact) mass is 194 g/mol. The summed E-state index contributed by atoms with van der Waals surface area (Å²) < 4.78 is 5.02. The molecule has 1 aromatic carbocycles. The number of hydrogen-bond acceptors (Lipinski definition) is 2. The highest BCUT2D eigenvalue weighted by Gasteiger charge is 1.99. The minimum absolute atomic E-state index is 0.528. The van der Waals surface area contributed by atoms with Gasteiger partial charge >= 0.3 is 0 Å². The molecule has 0 saturated carbocycles. The van der Waals surface area contributed by atoms with E-state index in [1.54, 1.807) is 18.2 Å². The molecule has 0 aliphatic heterocycles. The smallest absolute Gasteiger partial charge is 0.193 e. The van der Waals surface area contributed by atoms with Crippen LogP contribution >= 0.6 is 11.6 Å². The lowest BCUT2D eigenvalue weighted by Gasteiger charge is -2.02. The predicted octanol–water partition coefficient (Wildman–Crippen LogP) is 1.90. The third-order valence-corrected chi connectivity index (χ3v) is 1.66. The number of methoxy groups -OCH3 is 1. The Morgan fingerprint density at radius 1 is 1.54 bits per heavy atom. The first-order valence-corrected chi connectivity index (χ1v) is 3.94. The highest BCUT2D eigenvalue weighted by atomic mass is 35.5. The Hall–Kier alpha value is -1.46. The van der Waals surface area contributed by atoms with Crippen molar-refractivity contribution < 1.29 is 9.53 Å². The third-order valence-electron chi connectivity index (χ3n) is 1.43. The summed E-state index contributed by atoms with van der Waals surface area (Å²) in [7, 11) is 1.54. The number of aldehydes is 1. The second-order valence-corrected chi connectivity index (χ2v) is 2.67. The van der Waals surface area contributed by atoms with E-state index in [1.807, 2.05) is 0 Å². The summed E-state index contributed by atoms with van der Waals surface area (Å²) in [5.41, 5.74) is 0.613. The van der Waals surface area contributed by atoms with E-state index in [-0.39, 0.29) is 0 Å². The summed E-state index contributed by atoms with van der Waals surface area (Å²) >= 11 is 5.74. The van der Waals surface area contributed by atoms with E-state index >= 15 is 0 Å². The lowest BCUT2D eigenvalue weighted by atomic mass is 10.2. The quantitative estimate of drug-likeness (QED) is 0.504. The molecule has 1 rings (SSSR count). The van der Waals surface area contributed by atoms with Crippen LogP contribution in [0, 0.1) is 11.8 Å². The summed E-state index contributed by atoms with van der Waals surface area (Å²) in [4.78, 5) is 10.0. The van der Waals surface area contributed by atoms with Gasteiger partial charge in [0.05, 0.1) is 12.7 Å². The summed E-state index contributed by atoms with van der Waals surface area (Å²) in [6.07, 6.45) is 0.528. The lowest BCUT2D eigenvalue weighted by molar-refractivity contribution is -0.103. The van der Waals surface area contributed by atoms with Crippen LogP contribution in [-0.4, -0.2) is 13.4 Å². The lowest BCUT2D eigenvalue weighted by Crippen LogP contribution is -1.87. The van der Waals surface area contributed by atoms with Crippen LogP contribution in [0.3, 0.4) is 0 Å². The molecule has 66 valence electrons. The molecule has 0 aliphatic rings. The zero-order valence-corrected chi connectivity index (χ0v) is 7.76. The van der Waals surface area contributed by atoms with Crippen molar-refractivity contribution in [2.24, 2.45) is 0 Å². The van der Waals surface area contributed by atoms with Crippen LogP contribution in [0.1, 0.15) is 5.56 Å². The van der Waals surface area contributed by atoms with E-state index in [0.29, 0.717) is 22.6 Å². The van der Waals surface area contributed by atoms with Crippen LogP contribution in [-0.2, 0) is 4.79 Å². The molecule has 0 heterocycles. The highest BCUT2D eigenvalue weighted by Crippen LogP contribution is 2.21. The van der Waals surface area contributed by atoms with Crippen molar-refractivity contribution in [1.29, 1.82) is 0 Å². The Bertz CT molecular complexity index is 374. The van der Waals surface area contributed by atoms with Crippen LogP contribution in [0.25, 0.3) is 0 Å². The Morgan fingerprint density at radius 2 is 2.31 bits per heavy atom. The standard InChI is InChI=1S/C10H7ClO2/c1-13-10-5-4-9(11)7-8(10)3-2-6-12/h4-7H,1H3. The van der Waals surface area contributed by atoms with Gasteiger partial charge in [0.25, 0.3) is 0 Å². The summed E-state index contributed by atoms with van der Waals surface area (Å²) in [5.74, 6) is 5.53. The van der Waals surface area contributed by atoms with E-state index in [0.717, 1.165) is 0 Å². The molecule has 0 amide bonds. The van der Waals surface area contributed by atoms with Gasteiger partial charge in [-0.3, -0.25) is 4.79 Å². The molecule has 0 aromatic heterocycles. The Labute approximate surface area is 81.5 Å². The van der Waals surface area contributed by atoms with Gasteiger partial charge in [0.2, 0.25) is 0 Å². The van der Waals surface area contributed by atoms with Crippen LogP contribution in [0.5, 0.6) is 5.75 Å². The number of benzene rings is 1. The molecule has 0 unspecified atom stereocenters. The van der Waals surface area contributed by atoms with Crippen molar-refractivity contribution in [1.82, 2.24) is 0 Å². The molecular formula is C10H7ClO2. The van der Waals surface area contributed by atoms with Gasteiger partial charge < -0.3 is 4.74 Å². The molecule has 0 N–H and O–H groups in total. The maximum absolute atomic E-state index is 10.0. The van der Waals surface area contributed by atoms with E-state index in [1.165, 1.54) is 7.11 Å². The second kappa shape index (κ2) is 4.54. The molecule has 3 heteroatoms. The van der Waals surface area contributed by atoms with Gasteiger partial charge in [-0.15, -0.1) is 0 Å². The molecule has 0 radical (unpaired) electrons. The van der Waals surface area contributed by atoms with E-state index in [4.69, 9.17) is 16.3 Å². The minimum atomic E-state index is 0.528. The van der Waals surface area contributed by atoms with Gasteiger partial charge in [-0.1, -0.05) is 17.5 Å². The fourth-order valence-electron chi connectivity index (χ4n) is 0.885. The summed E-state index contributed by atoms with van der Waals surface area (Å²) in [6, 6.07) is 5.06. The van der Waals surface area contributed by atoms with E-state index < -0.39 is 0 Å². The summed E-state index contributed by atoms with van der Waals surface area (Å²) in [5, 5.41) is 0.566. The van der Waals surface area contributed by atoms with Crippen molar-refractivity contribution >= 4 is 17.9 Å². The van der Waals surface area contributed by atoms with Gasteiger partial charge in [0.15, 0.2) is 6.29 Å². The molecule has 1 aromatic rings. The first-order valence-electron chi connectivity index (χ1n) is 3.56. The zero-order valence-electron chi connectivity index (χ0n) is 7.00.